The molecular weight excluding hydrogens is 190 g/mol. The Labute approximate surface area is 89.1 Å². The Kier molecular flexibility index (Phi) is 4.39. The van der Waals surface area contributed by atoms with E-state index >= 15 is 0 Å². The van der Waals surface area contributed by atoms with E-state index in [0.717, 1.165) is 11.1 Å². The Bertz CT molecular complexity index is 402. The van der Waals surface area contributed by atoms with Crippen LogP contribution in [0, 0.1) is 11.8 Å². The van der Waals surface area contributed by atoms with Crippen LogP contribution < -0.4 is 5.32 Å². The largest absolute Gasteiger partial charge is 0.384 e. The van der Waals surface area contributed by atoms with Crippen LogP contribution in [0.5, 0.6) is 0 Å². The molecule has 3 heteroatoms. The van der Waals surface area contributed by atoms with Gasteiger partial charge in [0.2, 0.25) is 5.91 Å². The second-order valence-corrected chi connectivity index (χ2v) is 3.03. The highest BCUT2D eigenvalue weighted by Gasteiger charge is 1.99. The minimum absolute atomic E-state index is 0.0695. The van der Waals surface area contributed by atoms with Crippen molar-refractivity contribution in [2.75, 3.05) is 6.61 Å². The highest BCUT2D eigenvalue weighted by Crippen LogP contribution is 2.06. The summed E-state index contributed by atoms with van der Waals surface area (Å²) in [5, 5.41) is 11.3. The van der Waals surface area contributed by atoms with Crippen molar-refractivity contribution in [3.8, 4) is 11.8 Å². The van der Waals surface area contributed by atoms with E-state index in [1.807, 2.05) is 24.3 Å². The normalized spacial score (nSPS) is 8.93. The summed E-state index contributed by atoms with van der Waals surface area (Å²) in [6.07, 6.45) is 0. The zero-order valence-corrected chi connectivity index (χ0v) is 8.58. The SMILES string of the molecule is CC(=O)NCc1ccccc1C#CCO. The number of rotatable bonds is 2. The predicted molar refractivity (Wildman–Crippen MR) is 57.9 cm³/mol. The van der Waals surface area contributed by atoms with E-state index in [1.54, 1.807) is 0 Å². The second kappa shape index (κ2) is 5.84. The molecule has 1 rings (SSSR count). The molecule has 0 fully saturated rings. The number of aliphatic hydroxyl groups is 1. The molecule has 0 heterocycles. The van der Waals surface area contributed by atoms with Crippen molar-refractivity contribution < 1.29 is 9.90 Å². The van der Waals surface area contributed by atoms with Crippen molar-refractivity contribution in [3.63, 3.8) is 0 Å². The van der Waals surface area contributed by atoms with Crippen molar-refractivity contribution >= 4 is 5.91 Å². The monoisotopic (exact) mass is 203 g/mol. The fourth-order valence-corrected chi connectivity index (χ4v) is 1.15. The van der Waals surface area contributed by atoms with Gasteiger partial charge in [-0.25, -0.2) is 0 Å². The maximum atomic E-state index is 10.8. The summed E-state index contributed by atoms with van der Waals surface area (Å²) in [5.41, 5.74) is 1.79. The average Bonchev–Trinajstić information content (AvgIpc) is 2.24. The van der Waals surface area contributed by atoms with Crippen LogP contribution in [0.3, 0.4) is 0 Å². The standard InChI is InChI=1S/C12H13NO2/c1-10(15)13-9-12-6-3-2-5-11(12)7-4-8-14/h2-3,5-6,14H,8-9H2,1H3,(H,13,15). The van der Waals surface area contributed by atoms with E-state index in [2.05, 4.69) is 17.2 Å². The van der Waals surface area contributed by atoms with Gasteiger partial charge < -0.3 is 10.4 Å². The number of aliphatic hydroxyl groups excluding tert-OH is 1. The van der Waals surface area contributed by atoms with Crippen LogP contribution in [0.15, 0.2) is 24.3 Å². The smallest absolute Gasteiger partial charge is 0.217 e. The van der Waals surface area contributed by atoms with Gasteiger partial charge in [-0.15, -0.1) is 0 Å². The van der Waals surface area contributed by atoms with Gasteiger partial charge in [0.05, 0.1) is 0 Å². The van der Waals surface area contributed by atoms with Gasteiger partial charge in [0.25, 0.3) is 0 Å². The van der Waals surface area contributed by atoms with Crippen molar-refractivity contribution in [2.45, 2.75) is 13.5 Å². The summed E-state index contributed by atoms with van der Waals surface area (Å²) in [5.74, 6) is 5.35. The summed E-state index contributed by atoms with van der Waals surface area (Å²) in [6.45, 7) is 1.78. The zero-order chi connectivity index (χ0) is 11.1. The van der Waals surface area contributed by atoms with Crippen molar-refractivity contribution in [3.05, 3.63) is 35.4 Å². The molecule has 0 aromatic heterocycles. The van der Waals surface area contributed by atoms with Gasteiger partial charge >= 0.3 is 0 Å². The molecule has 78 valence electrons. The van der Waals surface area contributed by atoms with E-state index in [1.165, 1.54) is 6.92 Å². The number of hydrogen-bond acceptors (Lipinski definition) is 2. The summed E-state index contributed by atoms with van der Waals surface area (Å²) in [7, 11) is 0. The van der Waals surface area contributed by atoms with Crippen LogP contribution >= 0.6 is 0 Å². The van der Waals surface area contributed by atoms with Crippen molar-refractivity contribution in [2.24, 2.45) is 0 Å². The van der Waals surface area contributed by atoms with Crippen LogP contribution in [0.4, 0.5) is 0 Å². The quantitative estimate of drug-likeness (QED) is 0.694. The topological polar surface area (TPSA) is 49.3 Å². The van der Waals surface area contributed by atoms with Gasteiger partial charge in [-0.3, -0.25) is 4.79 Å². The fourth-order valence-electron chi connectivity index (χ4n) is 1.15. The third-order valence-electron chi connectivity index (χ3n) is 1.85. The summed E-state index contributed by atoms with van der Waals surface area (Å²) in [4.78, 5) is 10.8. The fraction of sp³-hybridized carbons (Fsp3) is 0.250. The number of carbonyl (C=O) groups is 1. The Morgan fingerprint density at radius 3 is 2.87 bits per heavy atom. The van der Waals surface area contributed by atoms with Gasteiger partial charge in [0.15, 0.2) is 0 Å². The lowest BCUT2D eigenvalue weighted by atomic mass is 10.1. The summed E-state index contributed by atoms with van der Waals surface area (Å²) < 4.78 is 0. The van der Waals surface area contributed by atoms with Crippen LogP contribution in [-0.2, 0) is 11.3 Å². The van der Waals surface area contributed by atoms with E-state index in [9.17, 15) is 4.79 Å². The molecule has 2 N–H and O–H groups in total. The van der Waals surface area contributed by atoms with Gasteiger partial charge in [0, 0.05) is 19.0 Å². The Morgan fingerprint density at radius 1 is 1.47 bits per heavy atom. The van der Waals surface area contributed by atoms with Gasteiger partial charge in [-0.05, 0) is 11.6 Å². The van der Waals surface area contributed by atoms with Gasteiger partial charge in [-0.2, -0.15) is 0 Å². The molecule has 0 unspecified atom stereocenters. The lowest BCUT2D eigenvalue weighted by molar-refractivity contribution is -0.119. The van der Waals surface area contributed by atoms with Crippen molar-refractivity contribution in [1.29, 1.82) is 0 Å². The zero-order valence-electron chi connectivity index (χ0n) is 8.58. The molecule has 0 saturated carbocycles. The molecule has 0 saturated heterocycles. The third-order valence-corrected chi connectivity index (χ3v) is 1.85. The number of benzene rings is 1. The number of amides is 1. The first-order valence-electron chi connectivity index (χ1n) is 4.66. The third kappa shape index (κ3) is 3.84. The first-order valence-corrected chi connectivity index (χ1v) is 4.66. The van der Waals surface area contributed by atoms with Gasteiger partial charge in [0.1, 0.15) is 6.61 Å². The number of carbonyl (C=O) groups excluding carboxylic acids is 1. The molecule has 1 aromatic rings. The van der Waals surface area contributed by atoms with Crippen molar-refractivity contribution in [1.82, 2.24) is 5.32 Å². The lowest BCUT2D eigenvalue weighted by Crippen LogP contribution is -2.19. The van der Waals surface area contributed by atoms with E-state index in [0.29, 0.717) is 6.54 Å². The molecule has 15 heavy (non-hydrogen) atoms. The molecule has 0 aliphatic carbocycles. The van der Waals surface area contributed by atoms with Crippen LogP contribution in [0.25, 0.3) is 0 Å². The van der Waals surface area contributed by atoms with Crippen LogP contribution in [-0.4, -0.2) is 17.6 Å². The Hall–Kier alpha value is -1.79. The Balaban J connectivity index is 2.81. The lowest BCUT2D eigenvalue weighted by Gasteiger charge is -2.04. The first kappa shape index (κ1) is 11.3. The van der Waals surface area contributed by atoms with Crippen LogP contribution in [0.2, 0.25) is 0 Å². The molecule has 1 aromatic carbocycles. The molecule has 3 nitrogen and oxygen atoms in total. The average molecular weight is 203 g/mol. The molecule has 0 aliphatic heterocycles. The molecular formula is C12H13NO2. The van der Waals surface area contributed by atoms with E-state index < -0.39 is 0 Å². The first-order chi connectivity index (χ1) is 7.24. The van der Waals surface area contributed by atoms with E-state index in [4.69, 9.17) is 5.11 Å². The molecule has 0 radical (unpaired) electrons. The second-order valence-electron chi connectivity index (χ2n) is 3.03. The maximum absolute atomic E-state index is 10.8. The molecule has 0 aliphatic rings. The highest BCUT2D eigenvalue weighted by molar-refractivity contribution is 5.72. The minimum atomic E-state index is -0.158. The summed E-state index contributed by atoms with van der Waals surface area (Å²) >= 11 is 0. The Morgan fingerprint density at radius 2 is 2.20 bits per heavy atom. The van der Waals surface area contributed by atoms with Crippen LogP contribution in [0.1, 0.15) is 18.1 Å². The molecule has 0 bridgehead atoms. The van der Waals surface area contributed by atoms with Gasteiger partial charge in [-0.1, -0.05) is 30.0 Å². The molecule has 0 spiro atoms. The highest BCUT2D eigenvalue weighted by atomic mass is 16.2. The summed E-state index contributed by atoms with van der Waals surface area (Å²) in [6, 6.07) is 7.52. The van der Waals surface area contributed by atoms with E-state index in [-0.39, 0.29) is 12.5 Å². The molecule has 0 atom stereocenters. The number of nitrogens with one attached hydrogen (secondary N) is 1. The predicted octanol–water partition coefficient (Wildman–Crippen LogP) is 0.667. The molecule has 1 amide bonds. The maximum Gasteiger partial charge on any atom is 0.217 e. The minimum Gasteiger partial charge on any atom is -0.384 e. The number of hydrogen-bond donors (Lipinski definition) is 2.